The fourth-order valence-electron chi connectivity index (χ4n) is 1.53. The molecule has 1 N–H and O–H groups in total. The third-order valence-corrected chi connectivity index (χ3v) is 2.89. The van der Waals surface area contributed by atoms with Gasteiger partial charge in [-0.25, -0.2) is 0 Å². The summed E-state index contributed by atoms with van der Waals surface area (Å²) in [6, 6.07) is 6.28. The summed E-state index contributed by atoms with van der Waals surface area (Å²) in [6.07, 6.45) is 0. The molecule has 2 rings (SSSR count). The second kappa shape index (κ2) is 4.40. The Morgan fingerprint density at radius 1 is 1.27 bits per heavy atom. The molecule has 0 amide bonds. The summed E-state index contributed by atoms with van der Waals surface area (Å²) < 4.78 is 3.83. The Labute approximate surface area is 93.3 Å². The van der Waals surface area contributed by atoms with Crippen molar-refractivity contribution in [3.63, 3.8) is 0 Å². The zero-order valence-electron chi connectivity index (χ0n) is 8.82. The molecule has 0 fully saturated rings. The first-order chi connectivity index (χ1) is 7.27. The Balaban J connectivity index is 2.11. The van der Waals surface area contributed by atoms with Crippen LogP contribution in [-0.4, -0.2) is 9.59 Å². The average Bonchev–Trinajstić information content (AvgIpc) is 2.70. The van der Waals surface area contributed by atoms with Gasteiger partial charge in [-0.2, -0.15) is 0 Å². The van der Waals surface area contributed by atoms with Crippen molar-refractivity contribution in [1.29, 1.82) is 0 Å². The molecule has 1 aromatic carbocycles. The molecular weight excluding hydrogens is 206 g/mol. The molecule has 1 heterocycles. The quantitative estimate of drug-likeness (QED) is 0.862. The van der Waals surface area contributed by atoms with Gasteiger partial charge < -0.3 is 5.32 Å². The highest BCUT2D eigenvalue weighted by Gasteiger charge is 2.02. The van der Waals surface area contributed by atoms with Gasteiger partial charge in [0.15, 0.2) is 0 Å². The summed E-state index contributed by atoms with van der Waals surface area (Å²) in [5, 5.41) is 9.34. The predicted molar refractivity (Wildman–Crippen MR) is 63.2 cm³/mol. The molecule has 4 heteroatoms. The molecule has 2 aromatic rings. The second-order valence-corrected chi connectivity index (χ2v) is 4.13. The van der Waals surface area contributed by atoms with E-state index in [9.17, 15) is 0 Å². The number of aromatic nitrogens is 2. The molecule has 15 heavy (non-hydrogen) atoms. The van der Waals surface area contributed by atoms with E-state index in [1.807, 2.05) is 5.38 Å². The van der Waals surface area contributed by atoms with Crippen molar-refractivity contribution in [2.45, 2.75) is 20.4 Å². The molecule has 0 bridgehead atoms. The van der Waals surface area contributed by atoms with E-state index in [0.717, 1.165) is 12.2 Å². The van der Waals surface area contributed by atoms with Gasteiger partial charge in [0, 0.05) is 11.1 Å². The first-order valence-electron chi connectivity index (χ1n) is 4.83. The number of nitrogens with one attached hydrogen (secondary N) is 1. The molecule has 0 unspecified atom stereocenters. The summed E-state index contributed by atoms with van der Waals surface area (Å²) in [5.41, 5.74) is 4.71. The number of benzene rings is 1. The first-order valence-corrected chi connectivity index (χ1v) is 5.67. The largest absolute Gasteiger partial charge is 0.379 e. The number of hydrogen-bond donors (Lipinski definition) is 1. The summed E-state index contributed by atoms with van der Waals surface area (Å²) in [5.74, 6) is 0. The van der Waals surface area contributed by atoms with E-state index in [0.29, 0.717) is 0 Å². The van der Waals surface area contributed by atoms with Crippen LogP contribution >= 0.6 is 11.5 Å². The van der Waals surface area contributed by atoms with Crippen molar-refractivity contribution >= 4 is 17.2 Å². The van der Waals surface area contributed by atoms with Crippen LogP contribution in [0.15, 0.2) is 23.6 Å². The van der Waals surface area contributed by atoms with Crippen molar-refractivity contribution < 1.29 is 0 Å². The molecule has 78 valence electrons. The molecule has 0 saturated carbocycles. The lowest BCUT2D eigenvalue weighted by Gasteiger charge is -2.10. The molecule has 0 radical (unpaired) electrons. The van der Waals surface area contributed by atoms with E-state index in [2.05, 4.69) is 47.0 Å². The van der Waals surface area contributed by atoms with Gasteiger partial charge in [-0.1, -0.05) is 22.7 Å². The molecule has 0 saturated heterocycles. The fourth-order valence-corrected chi connectivity index (χ4v) is 1.98. The van der Waals surface area contributed by atoms with Crippen LogP contribution in [0.25, 0.3) is 0 Å². The molecule has 1 aromatic heterocycles. The van der Waals surface area contributed by atoms with Crippen LogP contribution < -0.4 is 5.32 Å². The van der Waals surface area contributed by atoms with Crippen LogP contribution in [0.5, 0.6) is 0 Å². The van der Waals surface area contributed by atoms with Gasteiger partial charge in [0.2, 0.25) is 0 Å². The maximum absolute atomic E-state index is 4.00. The molecule has 0 aliphatic rings. The second-order valence-electron chi connectivity index (χ2n) is 3.52. The van der Waals surface area contributed by atoms with E-state index in [1.54, 1.807) is 0 Å². The molecular formula is C11H13N3S. The zero-order valence-corrected chi connectivity index (χ0v) is 9.64. The Bertz CT molecular complexity index is 417. The third kappa shape index (κ3) is 2.33. The first kappa shape index (κ1) is 10.1. The van der Waals surface area contributed by atoms with Crippen LogP contribution in [0, 0.1) is 13.8 Å². The van der Waals surface area contributed by atoms with Crippen molar-refractivity contribution in [3.8, 4) is 0 Å². The number of anilines is 1. The third-order valence-electron chi connectivity index (χ3n) is 2.33. The lowest BCUT2D eigenvalue weighted by atomic mass is 10.1. The number of nitrogens with zero attached hydrogens (tertiary/aromatic N) is 2. The van der Waals surface area contributed by atoms with E-state index >= 15 is 0 Å². The van der Waals surface area contributed by atoms with Crippen molar-refractivity contribution in [2.24, 2.45) is 0 Å². The Morgan fingerprint density at radius 3 is 2.60 bits per heavy atom. The van der Waals surface area contributed by atoms with Crippen LogP contribution in [-0.2, 0) is 6.54 Å². The van der Waals surface area contributed by atoms with E-state index in [1.165, 1.54) is 28.3 Å². The SMILES string of the molecule is Cc1cccc(C)c1NCc1csnn1. The molecule has 0 aliphatic carbocycles. The van der Waals surface area contributed by atoms with E-state index in [-0.39, 0.29) is 0 Å². The molecule has 0 atom stereocenters. The highest BCUT2D eigenvalue weighted by molar-refractivity contribution is 7.03. The van der Waals surface area contributed by atoms with Crippen LogP contribution in [0.2, 0.25) is 0 Å². The molecule has 0 spiro atoms. The van der Waals surface area contributed by atoms with Gasteiger partial charge in [-0.15, -0.1) is 5.10 Å². The minimum Gasteiger partial charge on any atom is -0.379 e. The van der Waals surface area contributed by atoms with Gasteiger partial charge in [-0.3, -0.25) is 0 Å². The summed E-state index contributed by atoms with van der Waals surface area (Å²) >= 11 is 1.38. The van der Waals surface area contributed by atoms with Gasteiger partial charge in [0.25, 0.3) is 0 Å². The van der Waals surface area contributed by atoms with Crippen molar-refractivity contribution in [1.82, 2.24) is 9.59 Å². The highest BCUT2D eigenvalue weighted by Crippen LogP contribution is 2.19. The zero-order chi connectivity index (χ0) is 10.7. The Hall–Kier alpha value is -1.42. The molecule has 3 nitrogen and oxygen atoms in total. The summed E-state index contributed by atoms with van der Waals surface area (Å²) in [6.45, 7) is 4.95. The number of hydrogen-bond acceptors (Lipinski definition) is 4. The van der Waals surface area contributed by atoms with Gasteiger partial charge >= 0.3 is 0 Å². The van der Waals surface area contributed by atoms with Gasteiger partial charge in [-0.05, 0) is 36.5 Å². The van der Waals surface area contributed by atoms with Crippen LogP contribution in [0.4, 0.5) is 5.69 Å². The van der Waals surface area contributed by atoms with Crippen molar-refractivity contribution in [3.05, 3.63) is 40.4 Å². The van der Waals surface area contributed by atoms with Gasteiger partial charge in [0.05, 0.1) is 12.2 Å². The lowest BCUT2D eigenvalue weighted by Crippen LogP contribution is -2.03. The maximum atomic E-state index is 4.00. The minimum atomic E-state index is 0.738. The van der Waals surface area contributed by atoms with Crippen molar-refractivity contribution in [2.75, 3.05) is 5.32 Å². The van der Waals surface area contributed by atoms with Crippen LogP contribution in [0.1, 0.15) is 16.8 Å². The predicted octanol–water partition coefficient (Wildman–Crippen LogP) is 2.77. The number of aryl methyl sites for hydroxylation is 2. The van der Waals surface area contributed by atoms with E-state index < -0.39 is 0 Å². The molecule has 0 aliphatic heterocycles. The normalized spacial score (nSPS) is 10.3. The smallest absolute Gasteiger partial charge is 0.0946 e. The summed E-state index contributed by atoms with van der Waals surface area (Å²) in [7, 11) is 0. The topological polar surface area (TPSA) is 37.8 Å². The Morgan fingerprint density at radius 2 is 2.00 bits per heavy atom. The lowest BCUT2D eigenvalue weighted by molar-refractivity contribution is 0.994. The van der Waals surface area contributed by atoms with E-state index in [4.69, 9.17) is 0 Å². The standard InChI is InChI=1S/C11H13N3S/c1-8-4-3-5-9(2)11(8)12-6-10-7-15-14-13-10/h3-5,7,12H,6H2,1-2H3. The average molecular weight is 219 g/mol. The maximum Gasteiger partial charge on any atom is 0.0946 e. The minimum absolute atomic E-state index is 0.738. The fraction of sp³-hybridized carbons (Fsp3) is 0.273. The monoisotopic (exact) mass is 219 g/mol. The van der Waals surface area contributed by atoms with Crippen LogP contribution in [0.3, 0.4) is 0 Å². The number of para-hydroxylation sites is 1. The number of rotatable bonds is 3. The highest BCUT2D eigenvalue weighted by atomic mass is 32.1. The van der Waals surface area contributed by atoms with Gasteiger partial charge in [0.1, 0.15) is 0 Å². The summed E-state index contributed by atoms with van der Waals surface area (Å²) in [4.78, 5) is 0. The Kier molecular flexibility index (Phi) is 2.97.